The average molecular weight is 319 g/mol. The lowest BCUT2D eigenvalue weighted by Crippen LogP contribution is -2.48. The van der Waals surface area contributed by atoms with Crippen LogP contribution >= 0.6 is 0 Å². The van der Waals surface area contributed by atoms with E-state index >= 15 is 0 Å². The smallest absolute Gasteiger partial charge is 0.340 e. The maximum Gasteiger partial charge on any atom is 0.340 e. The van der Waals surface area contributed by atoms with Crippen molar-refractivity contribution in [3.05, 3.63) is 30.1 Å². The molecule has 2 atom stereocenters. The molecule has 0 radical (unpaired) electrons. The Balaban J connectivity index is 1.71. The van der Waals surface area contributed by atoms with Gasteiger partial charge in [0.05, 0.1) is 5.56 Å². The van der Waals surface area contributed by atoms with E-state index in [4.69, 9.17) is 4.74 Å². The van der Waals surface area contributed by atoms with Crippen molar-refractivity contribution in [2.24, 2.45) is 5.92 Å². The highest BCUT2D eigenvalue weighted by molar-refractivity contribution is 5.97. The van der Waals surface area contributed by atoms with Gasteiger partial charge in [0.2, 0.25) is 0 Å². The largest absolute Gasteiger partial charge is 0.452 e. The number of hydrogen-bond donors (Lipinski definition) is 2. The van der Waals surface area contributed by atoms with Gasteiger partial charge in [0.1, 0.15) is 0 Å². The Morgan fingerprint density at radius 1 is 1.30 bits per heavy atom. The molecular weight excluding hydrogens is 298 g/mol. The molecule has 1 saturated carbocycles. The Bertz CT molecular complexity index is 562. The Morgan fingerprint density at radius 3 is 2.78 bits per heavy atom. The van der Waals surface area contributed by atoms with E-state index in [1.165, 1.54) is 24.9 Å². The molecule has 3 amide bonds. The molecule has 1 aromatic rings. The van der Waals surface area contributed by atoms with Crippen molar-refractivity contribution in [2.45, 2.75) is 38.6 Å². The van der Waals surface area contributed by atoms with Gasteiger partial charge in [-0.25, -0.2) is 9.59 Å². The third-order valence-corrected chi connectivity index (χ3v) is 3.91. The Hall–Kier alpha value is -2.44. The van der Waals surface area contributed by atoms with Gasteiger partial charge in [0.15, 0.2) is 6.61 Å². The number of carbonyl (C=O) groups is 3. The van der Waals surface area contributed by atoms with Crippen LogP contribution in [-0.4, -0.2) is 35.5 Å². The monoisotopic (exact) mass is 319 g/mol. The number of nitrogens with one attached hydrogen (secondary N) is 2. The minimum absolute atomic E-state index is 0.0782. The Labute approximate surface area is 134 Å². The maximum atomic E-state index is 11.8. The summed E-state index contributed by atoms with van der Waals surface area (Å²) in [5.74, 6) is -0.925. The first-order chi connectivity index (χ1) is 11.1. The van der Waals surface area contributed by atoms with E-state index in [0.29, 0.717) is 5.92 Å². The van der Waals surface area contributed by atoms with Crippen LogP contribution in [0.25, 0.3) is 0 Å². The lowest BCUT2D eigenvalue weighted by molar-refractivity contribution is -0.123. The van der Waals surface area contributed by atoms with Gasteiger partial charge >= 0.3 is 12.0 Å². The summed E-state index contributed by atoms with van der Waals surface area (Å²) in [6.45, 7) is 1.57. The van der Waals surface area contributed by atoms with E-state index < -0.39 is 24.5 Å². The normalized spacial score (nSPS) is 20.4. The zero-order valence-electron chi connectivity index (χ0n) is 13.1. The van der Waals surface area contributed by atoms with Crippen molar-refractivity contribution in [1.29, 1.82) is 0 Å². The van der Waals surface area contributed by atoms with Crippen molar-refractivity contribution >= 4 is 17.9 Å². The van der Waals surface area contributed by atoms with Crippen LogP contribution in [0.1, 0.15) is 43.0 Å². The molecule has 0 aromatic carbocycles. The molecular formula is C16H21N3O4. The highest BCUT2D eigenvalue weighted by Crippen LogP contribution is 2.23. The van der Waals surface area contributed by atoms with Crippen molar-refractivity contribution < 1.29 is 19.1 Å². The number of aromatic nitrogens is 1. The SMILES string of the molecule is C[C@H]1CCCC[C@@H]1NC(=O)NC(=O)COC(=O)c1cccnc1. The van der Waals surface area contributed by atoms with Crippen LogP contribution in [0.4, 0.5) is 4.79 Å². The summed E-state index contributed by atoms with van der Waals surface area (Å²) in [7, 11) is 0. The number of esters is 1. The van der Waals surface area contributed by atoms with Gasteiger partial charge in [0, 0.05) is 18.4 Å². The number of hydrogen-bond acceptors (Lipinski definition) is 5. The van der Waals surface area contributed by atoms with Crippen molar-refractivity contribution in [3.63, 3.8) is 0 Å². The Morgan fingerprint density at radius 2 is 2.09 bits per heavy atom. The summed E-state index contributed by atoms with van der Waals surface area (Å²) in [5.41, 5.74) is 0.251. The average Bonchev–Trinajstić information content (AvgIpc) is 2.55. The van der Waals surface area contributed by atoms with Crippen molar-refractivity contribution in [2.75, 3.05) is 6.61 Å². The molecule has 1 aromatic heterocycles. The predicted octanol–water partition coefficient (Wildman–Crippen LogP) is 1.64. The summed E-state index contributed by atoms with van der Waals surface area (Å²) in [6, 6.07) is 2.65. The van der Waals surface area contributed by atoms with Crippen LogP contribution in [0.3, 0.4) is 0 Å². The zero-order chi connectivity index (χ0) is 16.7. The van der Waals surface area contributed by atoms with E-state index in [9.17, 15) is 14.4 Å². The second-order valence-electron chi connectivity index (χ2n) is 5.71. The van der Waals surface area contributed by atoms with Crippen LogP contribution in [-0.2, 0) is 9.53 Å². The molecule has 7 heteroatoms. The summed E-state index contributed by atoms with van der Waals surface area (Å²) >= 11 is 0. The lowest BCUT2D eigenvalue weighted by Gasteiger charge is -2.29. The fourth-order valence-electron chi connectivity index (χ4n) is 2.60. The van der Waals surface area contributed by atoms with Gasteiger partial charge in [-0.1, -0.05) is 19.8 Å². The van der Waals surface area contributed by atoms with E-state index in [0.717, 1.165) is 19.3 Å². The van der Waals surface area contributed by atoms with E-state index in [1.54, 1.807) is 6.07 Å². The number of carbonyl (C=O) groups excluding carboxylic acids is 3. The number of pyridine rings is 1. The minimum atomic E-state index is -0.664. The van der Waals surface area contributed by atoms with E-state index in [-0.39, 0.29) is 11.6 Å². The zero-order valence-corrected chi connectivity index (χ0v) is 13.1. The molecule has 0 bridgehead atoms. The first-order valence-corrected chi connectivity index (χ1v) is 7.73. The van der Waals surface area contributed by atoms with Gasteiger partial charge in [-0.2, -0.15) is 0 Å². The quantitative estimate of drug-likeness (QED) is 0.822. The van der Waals surface area contributed by atoms with Gasteiger partial charge in [-0.15, -0.1) is 0 Å². The highest BCUT2D eigenvalue weighted by atomic mass is 16.5. The molecule has 2 rings (SSSR count). The van der Waals surface area contributed by atoms with Crippen LogP contribution in [0.2, 0.25) is 0 Å². The third kappa shape index (κ3) is 5.36. The number of imide groups is 1. The number of ether oxygens (including phenoxy) is 1. The molecule has 0 spiro atoms. The minimum Gasteiger partial charge on any atom is -0.452 e. The number of amides is 3. The summed E-state index contributed by atoms with van der Waals surface area (Å²) in [6.07, 6.45) is 7.11. The molecule has 7 nitrogen and oxygen atoms in total. The first-order valence-electron chi connectivity index (χ1n) is 7.73. The van der Waals surface area contributed by atoms with Crippen molar-refractivity contribution in [3.8, 4) is 0 Å². The molecule has 0 aliphatic heterocycles. The van der Waals surface area contributed by atoms with Crippen LogP contribution in [0.5, 0.6) is 0 Å². The van der Waals surface area contributed by atoms with Crippen LogP contribution < -0.4 is 10.6 Å². The second-order valence-corrected chi connectivity index (χ2v) is 5.71. The van der Waals surface area contributed by atoms with Gasteiger partial charge in [-0.05, 0) is 30.9 Å². The summed E-state index contributed by atoms with van der Waals surface area (Å²) in [5, 5.41) is 4.97. The van der Waals surface area contributed by atoms with Crippen molar-refractivity contribution in [1.82, 2.24) is 15.6 Å². The molecule has 124 valence electrons. The van der Waals surface area contributed by atoms with Gasteiger partial charge in [-0.3, -0.25) is 15.1 Å². The molecule has 1 heterocycles. The summed E-state index contributed by atoms with van der Waals surface area (Å²) < 4.78 is 4.83. The molecule has 0 unspecified atom stereocenters. The number of urea groups is 1. The molecule has 1 aliphatic carbocycles. The molecule has 0 saturated heterocycles. The standard InChI is InChI=1S/C16H21N3O4/c1-11-5-2-3-7-13(11)18-16(22)19-14(20)10-23-15(21)12-6-4-8-17-9-12/h4,6,8-9,11,13H,2-3,5,7,10H2,1H3,(H2,18,19,20,22)/t11-,13-/m0/s1. The fraction of sp³-hybridized carbons (Fsp3) is 0.500. The lowest BCUT2D eigenvalue weighted by atomic mass is 9.86. The number of nitrogens with zero attached hydrogens (tertiary/aromatic N) is 1. The van der Waals surface area contributed by atoms with E-state index in [1.807, 2.05) is 0 Å². The molecule has 2 N–H and O–H groups in total. The molecule has 1 fully saturated rings. The predicted molar refractivity (Wildman–Crippen MR) is 82.6 cm³/mol. The summed E-state index contributed by atoms with van der Waals surface area (Å²) in [4.78, 5) is 38.9. The van der Waals surface area contributed by atoms with Gasteiger partial charge < -0.3 is 10.1 Å². The fourth-order valence-corrected chi connectivity index (χ4v) is 2.60. The van der Waals surface area contributed by atoms with Crippen LogP contribution in [0, 0.1) is 5.92 Å². The van der Waals surface area contributed by atoms with Gasteiger partial charge in [0.25, 0.3) is 5.91 Å². The van der Waals surface area contributed by atoms with Crippen LogP contribution in [0.15, 0.2) is 24.5 Å². The molecule has 23 heavy (non-hydrogen) atoms. The highest BCUT2D eigenvalue weighted by Gasteiger charge is 2.23. The topological polar surface area (TPSA) is 97.4 Å². The number of rotatable bonds is 4. The first kappa shape index (κ1) is 16.9. The Kier molecular flexibility index (Phi) is 6.08. The maximum absolute atomic E-state index is 11.8. The third-order valence-electron chi connectivity index (χ3n) is 3.91. The second kappa shape index (κ2) is 8.26. The van der Waals surface area contributed by atoms with E-state index in [2.05, 4.69) is 22.5 Å². The molecule has 1 aliphatic rings.